The average molecular weight is 311 g/mol. The van der Waals surface area contributed by atoms with Gasteiger partial charge in [-0.2, -0.15) is 0 Å². The van der Waals surface area contributed by atoms with Gasteiger partial charge in [0.2, 0.25) is 0 Å². The second-order valence-electron chi connectivity index (χ2n) is 4.60. The SMILES string of the molecule is COc1ccc(CC(O)COc2cccc(Cl)c2)cc1F. The fraction of sp³-hybridized carbons (Fsp3) is 0.250. The first-order valence-corrected chi connectivity index (χ1v) is 6.85. The van der Waals surface area contributed by atoms with Crippen LogP contribution in [0.4, 0.5) is 4.39 Å². The third-order valence-electron chi connectivity index (χ3n) is 2.93. The van der Waals surface area contributed by atoms with E-state index in [4.69, 9.17) is 21.1 Å². The highest BCUT2D eigenvalue weighted by molar-refractivity contribution is 6.30. The monoisotopic (exact) mass is 310 g/mol. The highest BCUT2D eigenvalue weighted by atomic mass is 35.5. The molecule has 0 bridgehead atoms. The van der Waals surface area contributed by atoms with E-state index in [1.165, 1.54) is 19.2 Å². The summed E-state index contributed by atoms with van der Waals surface area (Å²) in [5.74, 6) is 0.323. The fourth-order valence-electron chi connectivity index (χ4n) is 1.92. The lowest BCUT2D eigenvalue weighted by atomic mass is 10.1. The molecule has 0 saturated heterocycles. The minimum Gasteiger partial charge on any atom is -0.494 e. The van der Waals surface area contributed by atoms with Crippen molar-refractivity contribution in [2.75, 3.05) is 13.7 Å². The van der Waals surface area contributed by atoms with Gasteiger partial charge < -0.3 is 14.6 Å². The first-order chi connectivity index (χ1) is 10.1. The summed E-state index contributed by atoms with van der Waals surface area (Å²) in [6.45, 7) is 0.105. The lowest BCUT2D eigenvalue weighted by Gasteiger charge is -2.13. The largest absolute Gasteiger partial charge is 0.494 e. The summed E-state index contributed by atoms with van der Waals surface area (Å²) in [7, 11) is 1.41. The summed E-state index contributed by atoms with van der Waals surface area (Å²) in [5, 5.41) is 10.5. The molecule has 0 fully saturated rings. The summed E-state index contributed by atoms with van der Waals surface area (Å²) < 4.78 is 23.8. The van der Waals surface area contributed by atoms with Gasteiger partial charge in [0.05, 0.1) is 13.2 Å². The van der Waals surface area contributed by atoms with Crippen molar-refractivity contribution in [2.24, 2.45) is 0 Å². The standard InChI is InChI=1S/C16H16ClFO3/c1-20-16-6-5-11(8-15(16)18)7-13(19)10-21-14-4-2-3-12(17)9-14/h2-6,8-9,13,19H,7,10H2,1H3. The molecule has 0 aliphatic rings. The highest BCUT2D eigenvalue weighted by Crippen LogP contribution is 2.20. The van der Waals surface area contributed by atoms with Crippen LogP contribution in [0.25, 0.3) is 0 Å². The molecule has 0 aliphatic carbocycles. The minimum atomic E-state index is -0.739. The molecule has 2 rings (SSSR count). The Labute approximate surface area is 127 Å². The Balaban J connectivity index is 1.89. The van der Waals surface area contributed by atoms with E-state index in [9.17, 15) is 9.50 Å². The van der Waals surface area contributed by atoms with Crippen LogP contribution in [-0.4, -0.2) is 24.9 Å². The van der Waals surface area contributed by atoms with Crippen LogP contribution in [0, 0.1) is 5.82 Å². The van der Waals surface area contributed by atoms with Gasteiger partial charge in [-0.15, -0.1) is 0 Å². The zero-order valence-electron chi connectivity index (χ0n) is 11.6. The zero-order chi connectivity index (χ0) is 15.2. The molecule has 2 aromatic carbocycles. The van der Waals surface area contributed by atoms with E-state index >= 15 is 0 Å². The molecule has 0 radical (unpaired) electrons. The van der Waals surface area contributed by atoms with Crippen molar-refractivity contribution in [1.29, 1.82) is 0 Å². The maximum Gasteiger partial charge on any atom is 0.165 e. The Hall–Kier alpha value is -1.78. The van der Waals surface area contributed by atoms with E-state index < -0.39 is 11.9 Å². The van der Waals surface area contributed by atoms with Crippen LogP contribution in [-0.2, 0) is 6.42 Å². The predicted molar refractivity (Wildman–Crippen MR) is 79.6 cm³/mol. The summed E-state index contributed by atoms with van der Waals surface area (Å²) in [4.78, 5) is 0. The lowest BCUT2D eigenvalue weighted by Crippen LogP contribution is -2.20. The number of rotatable bonds is 6. The van der Waals surface area contributed by atoms with Gasteiger partial charge in [0.25, 0.3) is 0 Å². The van der Waals surface area contributed by atoms with Crippen molar-refractivity contribution in [3.63, 3.8) is 0 Å². The van der Waals surface area contributed by atoms with Crippen molar-refractivity contribution in [3.8, 4) is 11.5 Å². The second kappa shape index (κ2) is 7.29. The minimum absolute atomic E-state index is 0.105. The van der Waals surface area contributed by atoms with Gasteiger partial charge in [0.15, 0.2) is 11.6 Å². The maximum atomic E-state index is 13.5. The Bertz CT molecular complexity index is 604. The van der Waals surface area contributed by atoms with Gasteiger partial charge in [-0.05, 0) is 35.9 Å². The van der Waals surface area contributed by atoms with Crippen LogP contribution in [0.5, 0.6) is 11.5 Å². The smallest absolute Gasteiger partial charge is 0.165 e. The Morgan fingerprint density at radius 2 is 2.05 bits per heavy atom. The van der Waals surface area contributed by atoms with Crippen molar-refractivity contribution >= 4 is 11.6 Å². The molecule has 0 aliphatic heterocycles. The number of benzene rings is 2. The van der Waals surface area contributed by atoms with Gasteiger partial charge in [-0.3, -0.25) is 0 Å². The van der Waals surface area contributed by atoms with E-state index in [-0.39, 0.29) is 12.4 Å². The molecular weight excluding hydrogens is 295 g/mol. The molecule has 0 heterocycles. The molecule has 0 saturated carbocycles. The van der Waals surface area contributed by atoms with E-state index in [0.29, 0.717) is 22.8 Å². The third kappa shape index (κ3) is 4.62. The third-order valence-corrected chi connectivity index (χ3v) is 3.16. The predicted octanol–water partition coefficient (Wildman–Crippen LogP) is 3.47. The first-order valence-electron chi connectivity index (χ1n) is 6.47. The van der Waals surface area contributed by atoms with Gasteiger partial charge >= 0.3 is 0 Å². The van der Waals surface area contributed by atoms with Gasteiger partial charge in [-0.25, -0.2) is 4.39 Å². The molecular formula is C16H16ClFO3. The van der Waals surface area contributed by atoms with Crippen LogP contribution in [0.2, 0.25) is 5.02 Å². The number of aliphatic hydroxyl groups is 1. The topological polar surface area (TPSA) is 38.7 Å². The van der Waals surface area contributed by atoms with E-state index in [1.54, 1.807) is 30.3 Å². The quantitative estimate of drug-likeness (QED) is 0.888. The van der Waals surface area contributed by atoms with Gasteiger partial charge in [0.1, 0.15) is 12.4 Å². The molecule has 1 N–H and O–H groups in total. The fourth-order valence-corrected chi connectivity index (χ4v) is 2.10. The number of hydrogen-bond acceptors (Lipinski definition) is 3. The van der Waals surface area contributed by atoms with Crippen molar-refractivity contribution in [2.45, 2.75) is 12.5 Å². The molecule has 2 aromatic rings. The average Bonchev–Trinajstić information content (AvgIpc) is 2.45. The van der Waals surface area contributed by atoms with Crippen LogP contribution >= 0.6 is 11.6 Å². The van der Waals surface area contributed by atoms with Crippen LogP contribution < -0.4 is 9.47 Å². The Morgan fingerprint density at radius 3 is 2.71 bits per heavy atom. The van der Waals surface area contributed by atoms with Crippen molar-refractivity contribution < 1.29 is 19.0 Å². The molecule has 1 atom stereocenters. The number of aliphatic hydroxyl groups excluding tert-OH is 1. The molecule has 0 spiro atoms. The molecule has 21 heavy (non-hydrogen) atoms. The van der Waals surface area contributed by atoms with Crippen LogP contribution in [0.15, 0.2) is 42.5 Å². The second-order valence-corrected chi connectivity index (χ2v) is 5.03. The summed E-state index contributed by atoms with van der Waals surface area (Å²) >= 11 is 5.84. The number of methoxy groups -OCH3 is 1. The van der Waals surface area contributed by atoms with Crippen molar-refractivity contribution in [3.05, 3.63) is 58.9 Å². The highest BCUT2D eigenvalue weighted by Gasteiger charge is 2.10. The summed E-state index contributed by atoms with van der Waals surface area (Å²) in [5.41, 5.74) is 0.676. The molecule has 0 aromatic heterocycles. The van der Waals surface area contributed by atoms with E-state index in [1.807, 2.05) is 0 Å². The number of halogens is 2. The van der Waals surface area contributed by atoms with Gasteiger partial charge in [0, 0.05) is 11.4 Å². The number of ether oxygens (including phenoxy) is 2. The Morgan fingerprint density at radius 1 is 1.24 bits per heavy atom. The van der Waals surface area contributed by atoms with Crippen LogP contribution in [0.3, 0.4) is 0 Å². The van der Waals surface area contributed by atoms with E-state index in [2.05, 4.69) is 0 Å². The summed E-state index contributed by atoms with van der Waals surface area (Å²) in [6.07, 6.45) is -0.446. The normalized spacial score (nSPS) is 12.0. The molecule has 0 amide bonds. The first kappa shape index (κ1) is 15.6. The zero-order valence-corrected chi connectivity index (χ0v) is 12.3. The molecule has 3 nitrogen and oxygen atoms in total. The van der Waals surface area contributed by atoms with Crippen LogP contribution in [0.1, 0.15) is 5.56 Å². The molecule has 5 heteroatoms. The number of hydrogen-bond donors (Lipinski definition) is 1. The Kier molecular flexibility index (Phi) is 5.42. The van der Waals surface area contributed by atoms with Gasteiger partial charge in [-0.1, -0.05) is 23.7 Å². The molecule has 112 valence electrons. The van der Waals surface area contributed by atoms with Crippen molar-refractivity contribution in [1.82, 2.24) is 0 Å². The lowest BCUT2D eigenvalue weighted by molar-refractivity contribution is 0.107. The molecule has 1 unspecified atom stereocenters. The maximum absolute atomic E-state index is 13.5. The summed E-state index contributed by atoms with van der Waals surface area (Å²) in [6, 6.07) is 11.5. The van der Waals surface area contributed by atoms with E-state index in [0.717, 1.165) is 0 Å².